The molecule has 2 N–H and O–H groups in total. The van der Waals surface area contributed by atoms with Crippen molar-refractivity contribution in [2.24, 2.45) is 0 Å². The van der Waals surface area contributed by atoms with Crippen LogP contribution in [0.25, 0.3) is 0 Å². The fraction of sp³-hybridized carbons (Fsp3) is 0.200. The molecule has 2 aromatic rings. The number of hydrogen-bond donors (Lipinski definition) is 2. The molecule has 3 rings (SSSR count). The van der Waals surface area contributed by atoms with E-state index in [0.29, 0.717) is 5.56 Å². The number of halogens is 1. The fourth-order valence-corrected chi connectivity index (χ4v) is 4.65. The minimum Gasteiger partial charge on any atom is -0.466 e. The average molecular weight is 435 g/mol. The number of carbonyl (C=O) groups is 2. The van der Waals surface area contributed by atoms with E-state index in [-0.39, 0.29) is 21.2 Å². The highest BCUT2D eigenvalue weighted by atomic mass is 35.5. The van der Waals surface area contributed by atoms with Crippen LogP contribution in [0.2, 0.25) is 5.02 Å². The minimum atomic E-state index is -3.89. The Bertz CT molecular complexity index is 1090. The zero-order chi connectivity index (χ0) is 21.2. The van der Waals surface area contributed by atoms with Crippen LogP contribution in [0, 0.1) is 6.92 Å². The number of nitrogens with one attached hydrogen (secondary N) is 2. The van der Waals surface area contributed by atoms with Crippen molar-refractivity contribution in [1.82, 2.24) is 10.6 Å². The Kier molecular flexibility index (Phi) is 5.95. The van der Waals surface area contributed by atoms with Crippen LogP contribution in [-0.4, -0.2) is 33.3 Å². The Balaban J connectivity index is 2.09. The molecule has 0 bridgehead atoms. The number of rotatable bonds is 5. The van der Waals surface area contributed by atoms with Crippen molar-refractivity contribution in [3.8, 4) is 0 Å². The predicted molar refractivity (Wildman–Crippen MR) is 108 cm³/mol. The molecule has 0 fully saturated rings. The number of aryl methyl sites for hydroxylation is 1. The maximum Gasteiger partial charge on any atom is 0.338 e. The monoisotopic (exact) mass is 434 g/mol. The predicted octanol–water partition coefficient (Wildman–Crippen LogP) is 2.90. The van der Waals surface area contributed by atoms with Crippen molar-refractivity contribution in [2.75, 3.05) is 12.9 Å². The lowest BCUT2D eigenvalue weighted by Gasteiger charge is -2.29. The van der Waals surface area contributed by atoms with Crippen LogP contribution in [0.4, 0.5) is 4.79 Å². The van der Waals surface area contributed by atoms with Gasteiger partial charge in [0.05, 0.1) is 29.4 Å². The molecular formula is C20H19ClN2O5S. The Hall–Kier alpha value is -2.84. The van der Waals surface area contributed by atoms with Gasteiger partial charge >= 0.3 is 12.0 Å². The average Bonchev–Trinajstić information content (AvgIpc) is 2.67. The number of ether oxygens (including phenoxy) is 1. The molecule has 7 nitrogen and oxygen atoms in total. The maximum absolute atomic E-state index is 12.9. The summed E-state index contributed by atoms with van der Waals surface area (Å²) in [5.41, 5.74) is 1.62. The van der Waals surface area contributed by atoms with Crippen molar-refractivity contribution >= 4 is 33.4 Å². The van der Waals surface area contributed by atoms with Gasteiger partial charge in [-0.05, 0) is 30.7 Å². The number of amides is 2. The number of hydrogen-bond acceptors (Lipinski definition) is 5. The topological polar surface area (TPSA) is 102 Å². The summed E-state index contributed by atoms with van der Waals surface area (Å²) in [6, 6.07) is 11.5. The third kappa shape index (κ3) is 4.60. The summed E-state index contributed by atoms with van der Waals surface area (Å²) in [5, 5.41) is 5.37. The Morgan fingerprint density at radius 1 is 1.17 bits per heavy atom. The molecule has 0 saturated heterocycles. The Morgan fingerprint density at radius 2 is 1.86 bits per heavy atom. The van der Waals surface area contributed by atoms with Crippen LogP contribution in [0.1, 0.15) is 17.2 Å². The molecule has 0 spiro atoms. The van der Waals surface area contributed by atoms with Crippen molar-refractivity contribution in [3.05, 3.63) is 76.0 Å². The van der Waals surface area contributed by atoms with E-state index in [9.17, 15) is 18.0 Å². The van der Waals surface area contributed by atoms with Crippen molar-refractivity contribution in [2.45, 2.75) is 17.9 Å². The van der Waals surface area contributed by atoms with Crippen LogP contribution < -0.4 is 10.6 Å². The minimum absolute atomic E-state index is 0.0126. The molecule has 1 aliphatic heterocycles. The number of methoxy groups -OCH3 is 1. The molecular weight excluding hydrogens is 416 g/mol. The van der Waals surface area contributed by atoms with E-state index in [1.807, 2.05) is 19.1 Å². The highest BCUT2D eigenvalue weighted by Crippen LogP contribution is 2.29. The normalized spacial score (nSPS) is 16.8. The molecule has 9 heteroatoms. The lowest BCUT2D eigenvalue weighted by atomic mass is 9.95. The first-order valence-electron chi connectivity index (χ1n) is 8.65. The molecule has 1 atom stereocenters. The van der Waals surface area contributed by atoms with Gasteiger partial charge in [-0.3, -0.25) is 0 Å². The van der Waals surface area contributed by atoms with E-state index >= 15 is 0 Å². The molecule has 0 aromatic heterocycles. The first-order chi connectivity index (χ1) is 13.7. The van der Waals surface area contributed by atoms with Crippen molar-refractivity contribution in [3.63, 3.8) is 0 Å². The van der Waals surface area contributed by atoms with Crippen molar-refractivity contribution < 1.29 is 22.7 Å². The molecule has 1 heterocycles. The molecule has 1 unspecified atom stereocenters. The second-order valence-electron chi connectivity index (χ2n) is 6.54. The Morgan fingerprint density at radius 3 is 2.48 bits per heavy atom. The van der Waals surface area contributed by atoms with Crippen LogP contribution in [0.5, 0.6) is 0 Å². The van der Waals surface area contributed by atoms with Gasteiger partial charge in [-0.25, -0.2) is 18.0 Å². The van der Waals surface area contributed by atoms with Gasteiger partial charge in [-0.2, -0.15) is 0 Å². The van der Waals surface area contributed by atoms with Gasteiger partial charge in [0.1, 0.15) is 0 Å². The largest absolute Gasteiger partial charge is 0.466 e. The van der Waals surface area contributed by atoms with E-state index in [1.165, 1.54) is 25.3 Å². The summed E-state index contributed by atoms with van der Waals surface area (Å²) in [4.78, 5) is 24.7. The molecule has 152 valence electrons. The number of esters is 1. The summed E-state index contributed by atoms with van der Waals surface area (Å²) in [6.07, 6.45) is 0. The molecule has 29 heavy (non-hydrogen) atoms. The number of urea groups is 1. The zero-order valence-electron chi connectivity index (χ0n) is 15.7. The van der Waals surface area contributed by atoms with Gasteiger partial charge in [0.15, 0.2) is 9.84 Å². The van der Waals surface area contributed by atoms with Gasteiger partial charge in [-0.1, -0.05) is 47.5 Å². The second kappa shape index (κ2) is 8.26. The lowest BCUT2D eigenvalue weighted by Crippen LogP contribution is -2.47. The van der Waals surface area contributed by atoms with Crippen LogP contribution in [0.15, 0.2) is 64.7 Å². The summed E-state index contributed by atoms with van der Waals surface area (Å²) in [7, 11) is -2.69. The van der Waals surface area contributed by atoms with Gasteiger partial charge in [0, 0.05) is 10.7 Å². The molecule has 0 radical (unpaired) electrons. The third-order valence-corrected chi connectivity index (χ3v) is 6.34. The summed E-state index contributed by atoms with van der Waals surface area (Å²) >= 11 is 5.90. The van der Waals surface area contributed by atoms with E-state index in [4.69, 9.17) is 16.3 Å². The highest BCUT2D eigenvalue weighted by molar-refractivity contribution is 7.91. The van der Waals surface area contributed by atoms with Gasteiger partial charge < -0.3 is 15.4 Å². The molecule has 0 aliphatic carbocycles. The van der Waals surface area contributed by atoms with Gasteiger partial charge in [-0.15, -0.1) is 0 Å². The maximum atomic E-state index is 12.9. The van der Waals surface area contributed by atoms with Gasteiger partial charge in [0.2, 0.25) is 0 Å². The molecule has 2 aromatic carbocycles. The van der Waals surface area contributed by atoms with Gasteiger partial charge in [0.25, 0.3) is 0 Å². The second-order valence-corrected chi connectivity index (χ2v) is 8.97. The molecule has 2 amide bonds. The first-order valence-corrected chi connectivity index (χ1v) is 10.7. The third-order valence-electron chi connectivity index (χ3n) is 4.46. The van der Waals surface area contributed by atoms with Crippen LogP contribution in [-0.2, 0) is 19.4 Å². The fourth-order valence-electron chi connectivity index (χ4n) is 3.03. The van der Waals surface area contributed by atoms with E-state index in [0.717, 1.165) is 5.56 Å². The molecule has 1 aliphatic rings. The summed E-state index contributed by atoms with van der Waals surface area (Å²) < 4.78 is 30.6. The first kappa shape index (κ1) is 20.9. The summed E-state index contributed by atoms with van der Waals surface area (Å²) in [5.74, 6) is -1.33. The van der Waals surface area contributed by atoms with Crippen LogP contribution >= 0.6 is 11.6 Å². The summed E-state index contributed by atoms with van der Waals surface area (Å²) in [6.45, 7) is 1.91. The number of benzene rings is 2. The van der Waals surface area contributed by atoms with E-state index in [2.05, 4.69) is 10.6 Å². The number of sulfone groups is 1. The molecule has 0 saturated carbocycles. The van der Waals surface area contributed by atoms with E-state index < -0.39 is 33.6 Å². The van der Waals surface area contributed by atoms with Crippen molar-refractivity contribution in [1.29, 1.82) is 0 Å². The highest BCUT2D eigenvalue weighted by Gasteiger charge is 2.35. The lowest BCUT2D eigenvalue weighted by molar-refractivity contribution is -0.136. The smallest absolute Gasteiger partial charge is 0.338 e. The van der Waals surface area contributed by atoms with Crippen LogP contribution in [0.3, 0.4) is 0 Å². The van der Waals surface area contributed by atoms with E-state index in [1.54, 1.807) is 18.2 Å². The number of carbonyl (C=O) groups excluding carboxylic acids is 2. The zero-order valence-corrected chi connectivity index (χ0v) is 17.3. The standard InChI is InChI=1S/C20H19ClN2O5S/c1-12-6-8-13(9-7-12)18-17(19(24)28-2)16(22-20(25)23-18)11-29(26,27)15-5-3-4-14(21)10-15/h3-10,18H,11H2,1-2H3,(H2,22,23,25). The quantitative estimate of drug-likeness (QED) is 0.704. The Labute approximate surface area is 173 Å². The SMILES string of the molecule is COC(=O)C1=C(CS(=O)(=O)c2cccc(Cl)c2)NC(=O)NC1c1ccc(C)cc1.